The van der Waals surface area contributed by atoms with Crippen molar-refractivity contribution in [2.45, 2.75) is 25.8 Å². The number of piperidine rings is 1. The van der Waals surface area contributed by atoms with Gasteiger partial charge in [0.05, 0.1) is 6.61 Å². The summed E-state index contributed by atoms with van der Waals surface area (Å²) in [6.45, 7) is 3.02. The number of hydrogen-bond acceptors (Lipinski definition) is 6. The first-order chi connectivity index (χ1) is 11.2. The average Bonchev–Trinajstić information content (AvgIpc) is 3.20. The molecule has 0 radical (unpaired) electrons. The zero-order chi connectivity index (χ0) is 16.2. The summed E-state index contributed by atoms with van der Waals surface area (Å²) in [5.74, 6) is -0.374. The van der Waals surface area contributed by atoms with Gasteiger partial charge in [0, 0.05) is 39.1 Å². The predicted molar refractivity (Wildman–Crippen MR) is 88.2 cm³/mol. The third-order valence-electron chi connectivity index (χ3n) is 3.90. The molecule has 1 saturated heterocycles. The number of carboxylic acid groups (broad SMARTS) is 1. The van der Waals surface area contributed by atoms with Crippen LogP contribution >= 0.6 is 11.3 Å². The predicted octanol–water partition coefficient (Wildman–Crippen LogP) is 2.34. The molecule has 2 aromatic heterocycles. The Hall–Kier alpha value is -1.93. The highest BCUT2D eigenvalue weighted by Crippen LogP contribution is 2.33. The number of carboxylic acids is 1. The van der Waals surface area contributed by atoms with Crippen LogP contribution in [0.4, 0.5) is 5.13 Å². The van der Waals surface area contributed by atoms with E-state index in [1.165, 1.54) is 17.8 Å². The van der Waals surface area contributed by atoms with Crippen molar-refractivity contribution in [3.63, 3.8) is 0 Å². The van der Waals surface area contributed by atoms with Crippen LogP contribution in [-0.2, 0) is 11.3 Å². The minimum Gasteiger partial charge on any atom is -0.477 e. The Morgan fingerprint density at radius 3 is 2.87 bits per heavy atom. The molecule has 2 aromatic rings. The summed E-state index contributed by atoms with van der Waals surface area (Å²) in [6, 6.07) is 0. The van der Waals surface area contributed by atoms with Crippen LogP contribution in [0.15, 0.2) is 12.4 Å². The summed E-state index contributed by atoms with van der Waals surface area (Å²) in [6.07, 6.45) is 6.96. The molecule has 3 heterocycles. The molecule has 8 heteroatoms. The average molecular weight is 336 g/mol. The Labute approximate surface area is 138 Å². The zero-order valence-corrected chi connectivity index (χ0v) is 13.9. The number of aromatic carboxylic acids is 1. The van der Waals surface area contributed by atoms with Crippen LogP contribution < -0.4 is 4.90 Å². The summed E-state index contributed by atoms with van der Waals surface area (Å²) >= 11 is 1.24. The van der Waals surface area contributed by atoms with Crippen LogP contribution in [0.25, 0.3) is 11.5 Å². The normalized spacial score (nSPS) is 15.1. The summed E-state index contributed by atoms with van der Waals surface area (Å²) in [7, 11) is 1.64. The van der Waals surface area contributed by atoms with Gasteiger partial charge in [0.25, 0.3) is 0 Å². The van der Waals surface area contributed by atoms with Gasteiger partial charge < -0.3 is 19.3 Å². The van der Waals surface area contributed by atoms with Crippen LogP contribution in [0.2, 0.25) is 0 Å². The molecule has 1 aliphatic rings. The monoisotopic (exact) mass is 336 g/mol. The number of thiazole rings is 1. The molecule has 0 spiro atoms. The van der Waals surface area contributed by atoms with Gasteiger partial charge in [-0.3, -0.25) is 0 Å². The molecule has 1 fully saturated rings. The molecule has 0 unspecified atom stereocenters. The second-order valence-electron chi connectivity index (χ2n) is 5.46. The van der Waals surface area contributed by atoms with Gasteiger partial charge in [0.15, 0.2) is 11.0 Å². The van der Waals surface area contributed by atoms with Gasteiger partial charge >= 0.3 is 5.97 Å². The quantitative estimate of drug-likeness (QED) is 0.872. The molecule has 23 heavy (non-hydrogen) atoms. The third-order valence-corrected chi connectivity index (χ3v) is 5.00. The van der Waals surface area contributed by atoms with E-state index in [-0.39, 0.29) is 4.88 Å². The molecule has 124 valence electrons. The van der Waals surface area contributed by atoms with Crippen LogP contribution in [0.3, 0.4) is 0 Å². The highest BCUT2D eigenvalue weighted by atomic mass is 32.1. The van der Waals surface area contributed by atoms with Gasteiger partial charge in [-0.25, -0.2) is 14.8 Å². The molecule has 3 rings (SSSR count). The minimum atomic E-state index is -0.956. The van der Waals surface area contributed by atoms with Gasteiger partial charge in [-0.1, -0.05) is 11.3 Å². The van der Waals surface area contributed by atoms with E-state index < -0.39 is 5.97 Å². The number of aromatic nitrogens is 3. The highest BCUT2D eigenvalue weighted by Gasteiger charge is 2.25. The van der Waals surface area contributed by atoms with Crippen LogP contribution in [0.5, 0.6) is 0 Å². The van der Waals surface area contributed by atoms with E-state index in [4.69, 9.17) is 4.74 Å². The lowest BCUT2D eigenvalue weighted by Crippen LogP contribution is -2.29. The Bertz CT molecular complexity index is 676. The second-order valence-corrected chi connectivity index (χ2v) is 6.44. The number of rotatable bonds is 6. The fraction of sp³-hybridized carbons (Fsp3) is 0.533. The third kappa shape index (κ3) is 3.37. The highest BCUT2D eigenvalue weighted by molar-refractivity contribution is 7.17. The van der Waals surface area contributed by atoms with Crippen LogP contribution in [-0.4, -0.2) is 52.4 Å². The van der Waals surface area contributed by atoms with Crippen molar-refractivity contribution in [3.05, 3.63) is 17.3 Å². The molecule has 0 atom stereocenters. The van der Waals surface area contributed by atoms with E-state index in [2.05, 4.69) is 14.9 Å². The number of hydrogen-bond donors (Lipinski definition) is 1. The Morgan fingerprint density at radius 2 is 2.17 bits per heavy atom. The van der Waals surface area contributed by atoms with Crippen molar-refractivity contribution < 1.29 is 14.6 Å². The van der Waals surface area contributed by atoms with Crippen molar-refractivity contribution >= 4 is 22.4 Å². The van der Waals surface area contributed by atoms with E-state index in [1.807, 2.05) is 10.8 Å². The molecule has 0 bridgehead atoms. The lowest BCUT2D eigenvalue weighted by molar-refractivity contribution is 0.0702. The molecule has 0 saturated carbocycles. The molecule has 7 nitrogen and oxygen atoms in total. The maximum Gasteiger partial charge on any atom is 0.348 e. The molecule has 0 amide bonds. The van der Waals surface area contributed by atoms with Gasteiger partial charge in [0.2, 0.25) is 0 Å². The second kappa shape index (κ2) is 7.10. The largest absolute Gasteiger partial charge is 0.477 e. The SMILES string of the molecule is COCCn1ccnc1-c1nc(N2CCCCC2)sc1C(=O)O. The molecular formula is C15H20N4O3S. The zero-order valence-electron chi connectivity index (χ0n) is 13.1. The van der Waals surface area contributed by atoms with Crippen molar-refractivity contribution in [2.24, 2.45) is 0 Å². The fourth-order valence-corrected chi connectivity index (χ4v) is 3.67. The first kappa shape index (κ1) is 15.9. The van der Waals surface area contributed by atoms with Crippen LogP contribution in [0, 0.1) is 0 Å². The smallest absolute Gasteiger partial charge is 0.348 e. The van der Waals surface area contributed by atoms with E-state index in [9.17, 15) is 9.90 Å². The number of carbonyl (C=O) groups is 1. The standard InChI is InChI=1S/C15H20N4O3S/c1-22-10-9-18-8-5-16-13(18)11-12(14(20)21)23-15(17-11)19-6-3-2-4-7-19/h5,8H,2-4,6-7,9-10H2,1H3,(H,20,21). The van der Waals surface area contributed by atoms with Crippen molar-refractivity contribution in [1.82, 2.24) is 14.5 Å². The van der Waals surface area contributed by atoms with E-state index in [0.29, 0.717) is 24.7 Å². The summed E-state index contributed by atoms with van der Waals surface area (Å²) < 4.78 is 6.97. The molecule has 1 aliphatic heterocycles. The maximum atomic E-state index is 11.6. The van der Waals surface area contributed by atoms with Gasteiger partial charge in [-0.15, -0.1) is 0 Å². The van der Waals surface area contributed by atoms with Crippen LogP contribution in [0.1, 0.15) is 28.9 Å². The molecular weight excluding hydrogens is 316 g/mol. The molecule has 1 N–H and O–H groups in total. The van der Waals surface area contributed by atoms with Crippen molar-refractivity contribution in [3.8, 4) is 11.5 Å². The van der Waals surface area contributed by atoms with E-state index in [1.54, 1.807) is 13.3 Å². The minimum absolute atomic E-state index is 0.246. The van der Waals surface area contributed by atoms with Crippen molar-refractivity contribution in [1.29, 1.82) is 0 Å². The Balaban J connectivity index is 1.96. The number of anilines is 1. The van der Waals surface area contributed by atoms with E-state index in [0.717, 1.165) is 31.1 Å². The first-order valence-electron chi connectivity index (χ1n) is 7.70. The van der Waals surface area contributed by atoms with Gasteiger partial charge in [-0.05, 0) is 19.3 Å². The lowest BCUT2D eigenvalue weighted by Gasteiger charge is -2.25. The summed E-state index contributed by atoms with van der Waals surface area (Å²) in [4.78, 5) is 23.0. The van der Waals surface area contributed by atoms with Gasteiger partial charge in [-0.2, -0.15) is 0 Å². The maximum absolute atomic E-state index is 11.6. The fourth-order valence-electron chi connectivity index (χ4n) is 2.72. The topological polar surface area (TPSA) is 80.5 Å². The first-order valence-corrected chi connectivity index (χ1v) is 8.52. The number of nitrogens with zero attached hydrogens (tertiary/aromatic N) is 4. The molecule has 0 aliphatic carbocycles. The van der Waals surface area contributed by atoms with Crippen molar-refractivity contribution in [2.75, 3.05) is 31.7 Å². The lowest BCUT2D eigenvalue weighted by atomic mass is 10.1. The molecule has 0 aromatic carbocycles. The Kier molecular flexibility index (Phi) is 4.92. The van der Waals surface area contributed by atoms with E-state index >= 15 is 0 Å². The van der Waals surface area contributed by atoms with Gasteiger partial charge in [0.1, 0.15) is 10.6 Å². The number of methoxy groups -OCH3 is 1. The number of ether oxygens (including phenoxy) is 1. The number of imidazole rings is 1. The summed E-state index contributed by atoms with van der Waals surface area (Å²) in [5, 5.41) is 10.3. The Morgan fingerprint density at radius 1 is 1.39 bits per heavy atom. The summed E-state index contributed by atoms with van der Waals surface area (Å²) in [5.41, 5.74) is 0.448.